The highest BCUT2D eigenvalue weighted by Gasteiger charge is 2.19. The normalized spacial score (nSPS) is 13.0. The van der Waals surface area contributed by atoms with Crippen molar-refractivity contribution in [1.29, 1.82) is 0 Å². The number of carbonyl (C=O) groups excluding carboxylic acids is 2. The van der Waals surface area contributed by atoms with Crippen LogP contribution in [0.4, 0.5) is 22.0 Å². The summed E-state index contributed by atoms with van der Waals surface area (Å²) in [5, 5.41) is 6.63. The molecule has 3 aromatic carbocycles. The highest BCUT2D eigenvalue weighted by Crippen LogP contribution is 2.32. The third-order valence-corrected chi connectivity index (χ3v) is 7.20. The van der Waals surface area contributed by atoms with E-state index in [1.807, 2.05) is 36.4 Å². The minimum absolute atomic E-state index is 0.0993. The van der Waals surface area contributed by atoms with Crippen LogP contribution in [0.3, 0.4) is 0 Å². The van der Waals surface area contributed by atoms with Crippen molar-refractivity contribution in [1.82, 2.24) is 19.9 Å². The van der Waals surface area contributed by atoms with E-state index in [0.717, 1.165) is 46.5 Å². The monoisotopic (exact) mass is 573 g/mol. The number of nitrogens with one attached hydrogen (secondary N) is 2. The van der Waals surface area contributed by atoms with Gasteiger partial charge < -0.3 is 25.2 Å². The number of urea groups is 1. The standard InChI is InChI=1S/C33H31N7O3/c1-39(2)32(41)24-5-10-27(11-6-24)36-33(42)35-26-8-3-23(4-9-26)30-37-29-21-25(22-13-15-34-16-14-22)7-12-28(29)31(38-30)40-17-19-43-20-18-40/h3-16,21H,17-20H2,1-2H3,(H2,35,36,42). The maximum atomic E-state index is 12.6. The topological polar surface area (TPSA) is 113 Å². The number of rotatable bonds is 6. The van der Waals surface area contributed by atoms with Gasteiger partial charge in [-0.2, -0.15) is 0 Å². The predicted octanol–water partition coefficient (Wildman–Crippen LogP) is 5.54. The van der Waals surface area contributed by atoms with E-state index in [4.69, 9.17) is 14.7 Å². The number of pyridine rings is 1. The van der Waals surface area contributed by atoms with Crippen molar-refractivity contribution in [3.63, 3.8) is 0 Å². The van der Waals surface area contributed by atoms with Crippen molar-refractivity contribution in [2.24, 2.45) is 0 Å². The fourth-order valence-corrected chi connectivity index (χ4v) is 4.93. The average Bonchev–Trinajstić information content (AvgIpc) is 3.05. The van der Waals surface area contributed by atoms with Gasteiger partial charge in [0, 0.05) is 67.5 Å². The Balaban J connectivity index is 1.23. The van der Waals surface area contributed by atoms with E-state index < -0.39 is 0 Å². The summed E-state index contributed by atoms with van der Waals surface area (Å²) >= 11 is 0. The Hall–Kier alpha value is -5.35. The summed E-state index contributed by atoms with van der Waals surface area (Å²) in [6, 6.07) is 24.0. The van der Waals surface area contributed by atoms with Crippen molar-refractivity contribution in [2.45, 2.75) is 0 Å². The van der Waals surface area contributed by atoms with Gasteiger partial charge in [-0.25, -0.2) is 14.8 Å². The van der Waals surface area contributed by atoms with Crippen molar-refractivity contribution < 1.29 is 14.3 Å². The number of amides is 3. The molecule has 2 N–H and O–H groups in total. The molecule has 1 saturated heterocycles. The van der Waals surface area contributed by atoms with Crippen molar-refractivity contribution in [2.75, 3.05) is 55.9 Å². The molecule has 0 bridgehead atoms. The number of hydrogen-bond acceptors (Lipinski definition) is 7. The van der Waals surface area contributed by atoms with Gasteiger partial charge >= 0.3 is 6.03 Å². The van der Waals surface area contributed by atoms with Gasteiger partial charge in [0.25, 0.3) is 5.91 Å². The van der Waals surface area contributed by atoms with Gasteiger partial charge in [-0.05, 0) is 83.9 Å². The Morgan fingerprint density at radius 2 is 1.40 bits per heavy atom. The molecule has 0 radical (unpaired) electrons. The maximum absolute atomic E-state index is 12.6. The molecule has 43 heavy (non-hydrogen) atoms. The van der Waals surface area contributed by atoms with Crippen LogP contribution in [0.15, 0.2) is 91.3 Å². The molecule has 6 rings (SSSR count). The van der Waals surface area contributed by atoms with Crippen LogP contribution in [0.5, 0.6) is 0 Å². The lowest BCUT2D eigenvalue weighted by Gasteiger charge is -2.29. The van der Waals surface area contributed by atoms with Crippen LogP contribution in [0, 0.1) is 0 Å². The van der Waals surface area contributed by atoms with Crippen molar-refractivity contribution in [3.05, 3.63) is 96.8 Å². The van der Waals surface area contributed by atoms with Crippen molar-refractivity contribution in [3.8, 4) is 22.5 Å². The molecule has 1 aliphatic rings. The summed E-state index contributed by atoms with van der Waals surface area (Å²) in [5.41, 5.74) is 5.55. The first-order valence-electron chi connectivity index (χ1n) is 14.0. The number of anilines is 3. The summed E-state index contributed by atoms with van der Waals surface area (Å²) in [6.07, 6.45) is 3.56. The molecule has 1 fully saturated rings. The quantitative estimate of drug-likeness (QED) is 0.274. The molecule has 0 spiro atoms. The predicted molar refractivity (Wildman–Crippen MR) is 168 cm³/mol. The molecule has 0 atom stereocenters. The van der Waals surface area contributed by atoms with Crippen LogP contribution >= 0.6 is 0 Å². The minimum atomic E-state index is -0.389. The molecule has 0 unspecified atom stereocenters. The summed E-state index contributed by atoms with van der Waals surface area (Å²) in [4.78, 5) is 42.6. The summed E-state index contributed by atoms with van der Waals surface area (Å²) < 4.78 is 5.58. The number of benzene rings is 3. The number of aromatic nitrogens is 3. The average molecular weight is 574 g/mol. The van der Waals surface area contributed by atoms with Gasteiger partial charge in [-0.15, -0.1) is 0 Å². The van der Waals surface area contributed by atoms with Crippen molar-refractivity contribution >= 4 is 40.0 Å². The van der Waals surface area contributed by atoms with Crippen LogP contribution in [-0.2, 0) is 4.74 Å². The molecule has 2 aromatic heterocycles. The zero-order valence-corrected chi connectivity index (χ0v) is 23.9. The van der Waals surface area contributed by atoms with Gasteiger partial charge in [-0.3, -0.25) is 9.78 Å². The highest BCUT2D eigenvalue weighted by atomic mass is 16.5. The molecule has 3 amide bonds. The molecule has 1 aliphatic heterocycles. The number of hydrogen-bond donors (Lipinski definition) is 2. The van der Waals surface area contributed by atoms with Gasteiger partial charge in [0.15, 0.2) is 5.82 Å². The second-order valence-electron chi connectivity index (χ2n) is 10.4. The van der Waals surface area contributed by atoms with E-state index in [1.54, 1.807) is 50.8 Å². The largest absolute Gasteiger partial charge is 0.378 e. The SMILES string of the molecule is CN(C)C(=O)c1ccc(NC(=O)Nc2ccc(-c3nc(N4CCOCC4)c4ccc(-c5ccncc5)cc4n3)cc2)cc1. The molecule has 5 aromatic rings. The van der Waals surface area contributed by atoms with Crippen LogP contribution < -0.4 is 15.5 Å². The lowest BCUT2D eigenvalue weighted by Crippen LogP contribution is -2.37. The molecule has 0 aliphatic carbocycles. The van der Waals surface area contributed by atoms with Gasteiger partial charge in [-0.1, -0.05) is 6.07 Å². The summed E-state index contributed by atoms with van der Waals surface area (Å²) in [7, 11) is 3.39. The number of carbonyl (C=O) groups is 2. The molecule has 10 heteroatoms. The van der Waals surface area contributed by atoms with E-state index >= 15 is 0 Å². The Kier molecular flexibility index (Phi) is 7.92. The van der Waals surface area contributed by atoms with Gasteiger partial charge in [0.2, 0.25) is 0 Å². The Bertz CT molecular complexity index is 1750. The zero-order valence-electron chi connectivity index (χ0n) is 23.9. The van der Waals surface area contributed by atoms with Gasteiger partial charge in [0.1, 0.15) is 5.82 Å². The Labute approximate surface area is 249 Å². The van der Waals surface area contributed by atoms with E-state index in [9.17, 15) is 9.59 Å². The first-order chi connectivity index (χ1) is 20.9. The maximum Gasteiger partial charge on any atom is 0.323 e. The Morgan fingerprint density at radius 3 is 2.05 bits per heavy atom. The number of morpholine rings is 1. The zero-order chi connectivity index (χ0) is 29.8. The Morgan fingerprint density at radius 1 is 0.767 bits per heavy atom. The number of fused-ring (bicyclic) bond motifs is 1. The molecule has 216 valence electrons. The minimum Gasteiger partial charge on any atom is -0.378 e. The highest BCUT2D eigenvalue weighted by molar-refractivity contribution is 6.00. The van der Waals surface area contributed by atoms with Gasteiger partial charge in [0.05, 0.1) is 18.7 Å². The lowest BCUT2D eigenvalue weighted by molar-refractivity contribution is 0.0827. The molecule has 3 heterocycles. The lowest BCUT2D eigenvalue weighted by atomic mass is 10.0. The van der Waals surface area contributed by atoms with Crippen LogP contribution in [0.25, 0.3) is 33.4 Å². The van der Waals surface area contributed by atoms with E-state index in [2.05, 4.69) is 38.7 Å². The fraction of sp³-hybridized carbons (Fsp3) is 0.182. The second kappa shape index (κ2) is 12.3. The third-order valence-electron chi connectivity index (χ3n) is 7.20. The van der Waals surface area contributed by atoms with E-state index in [1.165, 1.54) is 4.90 Å². The molecular weight excluding hydrogens is 542 g/mol. The van der Waals surface area contributed by atoms with E-state index in [0.29, 0.717) is 36.0 Å². The van der Waals surface area contributed by atoms with Crippen LogP contribution in [0.2, 0.25) is 0 Å². The summed E-state index contributed by atoms with van der Waals surface area (Å²) in [6.45, 7) is 2.81. The van der Waals surface area contributed by atoms with Crippen LogP contribution in [0.1, 0.15) is 10.4 Å². The number of ether oxygens (including phenoxy) is 1. The number of nitrogens with zero attached hydrogens (tertiary/aromatic N) is 5. The molecule has 10 nitrogen and oxygen atoms in total. The third kappa shape index (κ3) is 6.29. The smallest absolute Gasteiger partial charge is 0.323 e. The van der Waals surface area contributed by atoms with E-state index in [-0.39, 0.29) is 11.9 Å². The fourth-order valence-electron chi connectivity index (χ4n) is 4.93. The van der Waals surface area contributed by atoms with Crippen LogP contribution in [-0.4, -0.2) is 72.2 Å². The summed E-state index contributed by atoms with van der Waals surface area (Å²) in [5.74, 6) is 1.38. The second-order valence-corrected chi connectivity index (χ2v) is 10.4. The first kappa shape index (κ1) is 27.8. The molecule has 0 saturated carbocycles. The molecular formula is C33H31N7O3. The first-order valence-corrected chi connectivity index (χ1v) is 14.0.